The van der Waals surface area contributed by atoms with E-state index >= 15 is 0 Å². The van der Waals surface area contributed by atoms with Crippen molar-refractivity contribution in [1.29, 1.82) is 0 Å². The molecule has 1 N–H and O–H groups in total. The lowest BCUT2D eigenvalue weighted by atomic mass is 10.2. The molecule has 0 spiro atoms. The molecule has 1 fully saturated rings. The van der Waals surface area contributed by atoms with E-state index in [9.17, 15) is 9.59 Å². The molecule has 2 aromatic heterocycles. The van der Waals surface area contributed by atoms with Crippen LogP contribution >= 0.6 is 0 Å². The summed E-state index contributed by atoms with van der Waals surface area (Å²) in [5.41, 5.74) is 1.26. The molecule has 7 heteroatoms. The van der Waals surface area contributed by atoms with E-state index in [1.165, 1.54) is 30.4 Å². The van der Waals surface area contributed by atoms with Gasteiger partial charge in [-0.1, -0.05) is 38.0 Å². The first kappa shape index (κ1) is 20.6. The maximum Gasteiger partial charge on any atom is 0.291 e. The van der Waals surface area contributed by atoms with Crippen molar-refractivity contribution in [3.8, 4) is 0 Å². The molecule has 0 aliphatic carbocycles. The molecule has 0 bridgehead atoms. The number of aromatic nitrogens is 3. The van der Waals surface area contributed by atoms with Crippen LogP contribution in [-0.4, -0.2) is 51.3 Å². The first-order chi connectivity index (χ1) is 14.6. The number of fused-ring (bicyclic) bond motifs is 3. The second kappa shape index (κ2) is 9.00. The highest BCUT2D eigenvalue weighted by Crippen LogP contribution is 2.30. The number of hydrogen-bond acceptors (Lipinski definition) is 4. The van der Waals surface area contributed by atoms with Crippen LogP contribution in [0.2, 0.25) is 0 Å². The van der Waals surface area contributed by atoms with Gasteiger partial charge in [0.2, 0.25) is 5.91 Å². The van der Waals surface area contributed by atoms with Gasteiger partial charge in [0.15, 0.2) is 0 Å². The average molecular weight is 410 g/mol. The number of rotatable bonds is 6. The van der Waals surface area contributed by atoms with Crippen molar-refractivity contribution in [2.45, 2.75) is 45.1 Å². The zero-order valence-corrected chi connectivity index (χ0v) is 17.9. The summed E-state index contributed by atoms with van der Waals surface area (Å²) >= 11 is 0. The summed E-state index contributed by atoms with van der Waals surface area (Å²) in [6.45, 7) is 5.73. The number of para-hydroxylation sites is 1. The Balaban J connectivity index is 1.62. The van der Waals surface area contributed by atoms with E-state index in [4.69, 9.17) is 0 Å². The molecule has 1 amide bonds. The lowest BCUT2D eigenvalue weighted by Crippen LogP contribution is -2.39. The van der Waals surface area contributed by atoms with E-state index in [1.807, 2.05) is 35.8 Å². The van der Waals surface area contributed by atoms with Gasteiger partial charge >= 0.3 is 0 Å². The van der Waals surface area contributed by atoms with Crippen molar-refractivity contribution < 1.29 is 4.79 Å². The Bertz CT molecular complexity index is 1090. The van der Waals surface area contributed by atoms with Crippen molar-refractivity contribution in [3.63, 3.8) is 0 Å². The fourth-order valence-corrected chi connectivity index (χ4v) is 4.61. The molecular weight excluding hydrogens is 378 g/mol. The third-order valence-electron chi connectivity index (χ3n) is 6.23. The standard InChI is InChI=1S/C23H31N5O2/c1-3-19(22(29)24-12-15-27-13-8-4-5-9-14-27)28-20-11-7-6-10-17(20)18-16-25-26(2)23(30)21(18)28/h6-7,10-11,16,19H,3-5,8-9,12-15H2,1-2H3,(H,24,29). The molecule has 1 unspecified atom stereocenters. The largest absolute Gasteiger partial charge is 0.353 e. The highest BCUT2D eigenvalue weighted by Gasteiger charge is 2.25. The molecular formula is C23H31N5O2. The van der Waals surface area contributed by atoms with Crippen molar-refractivity contribution >= 4 is 27.7 Å². The predicted octanol–water partition coefficient (Wildman–Crippen LogP) is 2.83. The SMILES string of the molecule is CCC(C(=O)NCCN1CCCCCC1)n1c2ccccc2c2cnn(C)c(=O)c21. The summed E-state index contributed by atoms with van der Waals surface area (Å²) in [5, 5.41) is 9.07. The van der Waals surface area contributed by atoms with Gasteiger partial charge in [-0.15, -0.1) is 0 Å². The van der Waals surface area contributed by atoms with Crippen LogP contribution in [0.1, 0.15) is 45.1 Å². The maximum atomic E-state index is 13.2. The second-order valence-corrected chi connectivity index (χ2v) is 8.19. The van der Waals surface area contributed by atoms with Crippen LogP contribution in [0, 0.1) is 0 Å². The summed E-state index contributed by atoms with van der Waals surface area (Å²) in [7, 11) is 1.64. The molecule has 1 aromatic carbocycles. The molecule has 1 aliphatic rings. The maximum absolute atomic E-state index is 13.2. The van der Waals surface area contributed by atoms with E-state index < -0.39 is 6.04 Å². The number of carbonyl (C=O) groups is 1. The Morgan fingerprint density at radius 3 is 2.60 bits per heavy atom. The quantitative estimate of drug-likeness (QED) is 0.680. The Morgan fingerprint density at radius 1 is 1.13 bits per heavy atom. The molecule has 1 aliphatic heterocycles. The number of aryl methyl sites for hydroxylation is 1. The lowest BCUT2D eigenvalue weighted by Gasteiger charge is -2.22. The number of nitrogens with zero attached hydrogens (tertiary/aromatic N) is 4. The van der Waals surface area contributed by atoms with Crippen LogP contribution in [0.4, 0.5) is 0 Å². The molecule has 1 saturated heterocycles. The molecule has 0 saturated carbocycles. The minimum Gasteiger partial charge on any atom is -0.353 e. The number of hydrogen-bond donors (Lipinski definition) is 1. The first-order valence-electron chi connectivity index (χ1n) is 11.1. The smallest absolute Gasteiger partial charge is 0.291 e. The summed E-state index contributed by atoms with van der Waals surface area (Å²) < 4.78 is 3.25. The highest BCUT2D eigenvalue weighted by molar-refractivity contribution is 6.08. The van der Waals surface area contributed by atoms with Crippen molar-refractivity contribution in [1.82, 2.24) is 24.6 Å². The molecule has 4 rings (SSSR count). The fraction of sp³-hybridized carbons (Fsp3) is 0.522. The molecule has 160 valence electrons. The number of benzene rings is 1. The average Bonchev–Trinajstić information content (AvgIpc) is 2.89. The molecule has 3 heterocycles. The molecule has 3 aromatic rings. The third kappa shape index (κ3) is 3.86. The van der Waals surface area contributed by atoms with Gasteiger partial charge < -0.3 is 14.8 Å². The van der Waals surface area contributed by atoms with Crippen LogP contribution < -0.4 is 10.9 Å². The summed E-state index contributed by atoms with van der Waals surface area (Å²) in [5.74, 6) is -0.0335. The number of likely N-dealkylation sites (tertiary alicyclic amines) is 1. The number of nitrogens with one attached hydrogen (secondary N) is 1. The molecule has 0 radical (unpaired) electrons. The summed E-state index contributed by atoms with van der Waals surface area (Å²) in [6.07, 6.45) is 7.42. The van der Waals surface area contributed by atoms with E-state index in [2.05, 4.69) is 15.3 Å². The highest BCUT2D eigenvalue weighted by atomic mass is 16.2. The van der Waals surface area contributed by atoms with Gasteiger partial charge in [-0.3, -0.25) is 9.59 Å². The van der Waals surface area contributed by atoms with Gasteiger partial charge in [0.25, 0.3) is 5.56 Å². The van der Waals surface area contributed by atoms with Gasteiger partial charge in [0.1, 0.15) is 11.6 Å². The first-order valence-corrected chi connectivity index (χ1v) is 11.1. The van der Waals surface area contributed by atoms with E-state index in [0.29, 0.717) is 18.5 Å². The van der Waals surface area contributed by atoms with Gasteiger partial charge in [-0.2, -0.15) is 5.10 Å². The normalized spacial score (nSPS) is 16.6. The molecule has 1 atom stereocenters. The minimum atomic E-state index is -0.438. The zero-order valence-electron chi connectivity index (χ0n) is 17.9. The third-order valence-corrected chi connectivity index (χ3v) is 6.23. The predicted molar refractivity (Wildman–Crippen MR) is 120 cm³/mol. The Morgan fingerprint density at radius 2 is 1.87 bits per heavy atom. The number of carbonyl (C=O) groups excluding carboxylic acids is 1. The fourth-order valence-electron chi connectivity index (χ4n) is 4.61. The van der Waals surface area contributed by atoms with Crippen LogP contribution in [0.25, 0.3) is 21.8 Å². The van der Waals surface area contributed by atoms with E-state index in [0.717, 1.165) is 35.9 Å². The van der Waals surface area contributed by atoms with Crippen LogP contribution in [-0.2, 0) is 11.8 Å². The summed E-state index contributed by atoms with van der Waals surface area (Å²) in [6, 6.07) is 7.42. The van der Waals surface area contributed by atoms with Gasteiger partial charge in [0, 0.05) is 30.9 Å². The van der Waals surface area contributed by atoms with Gasteiger partial charge in [0.05, 0.1) is 11.7 Å². The molecule has 30 heavy (non-hydrogen) atoms. The van der Waals surface area contributed by atoms with E-state index in [1.54, 1.807) is 13.2 Å². The lowest BCUT2D eigenvalue weighted by molar-refractivity contribution is -0.124. The van der Waals surface area contributed by atoms with Crippen LogP contribution in [0.5, 0.6) is 0 Å². The molecule has 7 nitrogen and oxygen atoms in total. The van der Waals surface area contributed by atoms with E-state index in [-0.39, 0.29) is 11.5 Å². The summed E-state index contributed by atoms with van der Waals surface area (Å²) in [4.78, 5) is 28.6. The minimum absolute atomic E-state index is 0.0335. The topological polar surface area (TPSA) is 72.2 Å². The van der Waals surface area contributed by atoms with Gasteiger partial charge in [-0.25, -0.2) is 4.68 Å². The van der Waals surface area contributed by atoms with Crippen LogP contribution in [0.15, 0.2) is 35.3 Å². The number of amides is 1. The Hall–Kier alpha value is -2.67. The monoisotopic (exact) mass is 409 g/mol. The van der Waals surface area contributed by atoms with Crippen molar-refractivity contribution in [2.24, 2.45) is 7.05 Å². The van der Waals surface area contributed by atoms with Gasteiger partial charge in [-0.05, 0) is 38.4 Å². The van der Waals surface area contributed by atoms with Crippen LogP contribution in [0.3, 0.4) is 0 Å². The Kier molecular flexibility index (Phi) is 6.18. The van der Waals surface area contributed by atoms with Crippen molar-refractivity contribution in [3.05, 3.63) is 40.8 Å². The second-order valence-electron chi connectivity index (χ2n) is 8.19. The Labute approximate surface area is 176 Å². The zero-order chi connectivity index (χ0) is 21.1. The van der Waals surface area contributed by atoms with Crippen molar-refractivity contribution in [2.75, 3.05) is 26.2 Å².